The fraction of sp³-hybridized carbons (Fsp3) is 0.412. The summed E-state index contributed by atoms with van der Waals surface area (Å²) < 4.78 is 15.0. The maximum Gasteiger partial charge on any atom is 0.256 e. The smallest absolute Gasteiger partial charge is 0.256 e. The van der Waals surface area contributed by atoms with Gasteiger partial charge in [-0.25, -0.2) is 4.39 Å². The molecule has 1 aliphatic carbocycles. The van der Waals surface area contributed by atoms with Gasteiger partial charge in [0.2, 0.25) is 0 Å². The van der Waals surface area contributed by atoms with E-state index in [-0.39, 0.29) is 11.4 Å². The van der Waals surface area contributed by atoms with Crippen molar-refractivity contribution in [2.24, 2.45) is 0 Å². The summed E-state index contributed by atoms with van der Waals surface area (Å²) in [5, 5.41) is 0. The van der Waals surface area contributed by atoms with Gasteiger partial charge < -0.3 is 4.98 Å². The van der Waals surface area contributed by atoms with Crippen LogP contribution >= 0.6 is 12.2 Å². The van der Waals surface area contributed by atoms with E-state index in [9.17, 15) is 9.18 Å². The average Bonchev–Trinajstić information content (AvgIpc) is 2.50. The molecule has 23 heavy (non-hydrogen) atoms. The second-order valence-electron chi connectivity index (χ2n) is 6.56. The standard InChI is InChI=1S/C17H18FN3OS/c1-21-9-11-13(19-16(23)20-15(11)22)8-17(21)7-3-5-10-4-2-6-12(18)14(10)17/h2,4,6H,3,5,7-9H2,1H3,(H2,19,20,22,23). The molecule has 2 aliphatic rings. The normalized spacial score (nSPS) is 23.6. The number of nitrogens with zero attached hydrogens (tertiary/aromatic N) is 1. The predicted octanol–water partition coefficient (Wildman–Crippen LogP) is 2.79. The summed E-state index contributed by atoms with van der Waals surface area (Å²) >= 11 is 5.11. The zero-order valence-electron chi connectivity index (χ0n) is 12.9. The molecule has 1 aromatic carbocycles. The first-order chi connectivity index (χ1) is 11.0. The van der Waals surface area contributed by atoms with Crippen molar-refractivity contribution in [1.82, 2.24) is 14.9 Å². The number of aromatic nitrogens is 2. The molecule has 4 nitrogen and oxygen atoms in total. The van der Waals surface area contributed by atoms with E-state index in [1.807, 2.05) is 13.1 Å². The van der Waals surface area contributed by atoms with Crippen molar-refractivity contribution in [2.75, 3.05) is 7.05 Å². The third kappa shape index (κ3) is 2.12. The van der Waals surface area contributed by atoms with E-state index >= 15 is 0 Å². The number of fused-ring (bicyclic) bond motifs is 3. The predicted molar refractivity (Wildman–Crippen MR) is 88.4 cm³/mol. The first-order valence-electron chi connectivity index (χ1n) is 7.85. The Morgan fingerprint density at radius 2 is 2.17 bits per heavy atom. The Hall–Kier alpha value is -1.79. The van der Waals surface area contributed by atoms with E-state index in [1.165, 1.54) is 6.07 Å². The number of aromatic amines is 2. The van der Waals surface area contributed by atoms with Gasteiger partial charge in [-0.2, -0.15) is 0 Å². The fourth-order valence-electron chi connectivity index (χ4n) is 4.25. The Morgan fingerprint density at radius 1 is 1.35 bits per heavy atom. The molecule has 2 aromatic rings. The molecule has 0 bridgehead atoms. The maximum absolute atomic E-state index is 14.7. The quantitative estimate of drug-likeness (QED) is 0.730. The molecule has 1 unspecified atom stereocenters. The molecular weight excluding hydrogens is 313 g/mol. The Labute approximate surface area is 138 Å². The van der Waals surface area contributed by atoms with Crippen LogP contribution in [0.15, 0.2) is 23.0 Å². The van der Waals surface area contributed by atoms with Crippen molar-refractivity contribution >= 4 is 12.2 Å². The number of nitrogens with one attached hydrogen (secondary N) is 2. The van der Waals surface area contributed by atoms with Crippen LogP contribution in [0.4, 0.5) is 4.39 Å². The van der Waals surface area contributed by atoms with Crippen molar-refractivity contribution in [2.45, 2.75) is 37.8 Å². The topological polar surface area (TPSA) is 51.9 Å². The van der Waals surface area contributed by atoms with Gasteiger partial charge in [0.15, 0.2) is 4.77 Å². The molecule has 0 amide bonds. The summed E-state index contributed by atoms with van der Waals surface area (Å²) in [5.74, 6) is -0.152. The van der Waals surface area contributed by atoms with E-state index in [1.54, 1.807) is 6.07 Å². The fourth-order valence-corrected chi connectivity index (χ4v) is 4.46. The molecule has 1 aliphatic heterocycles. The third-order valence-electron chi connectivity index (χ3n) is 5.33. The van der Waals surface area contributed by atoms with Gasteiger partial charge in [-0.15, -0.1) is 0 Å². The van der Waals surface area contributed by atoms with Crippen molar-refractivity contribution < 1.29 is 4.39 Å². The van der Waals surface area contributed by atoms with Gasteiger partial charge in [-0.1, -0.05) is 12.1 Å². The third-order valence-corrected chi connectivity index (χ3v) is 5.53. The number of aryl methyl sites for hydroxylation is 1. The number of benzene rings is 1. The Morgan fingerprint density at radius 3 is 3.00 bits per heavy atom. The molecule has 1 aromatic heterocycles. The van der Waals surface area contributed by atoms with Gasteiger partial charge >= 0.3 is 0 Å². The SMILES string of the molecule is CN1Cc2c([nH]c(=S)[nH]c2=O)CC12CCCc1cccc(F)c12. The Balaban J connectivity index is 1.94. The highest BCUT2D eigenvalue weighted by Crippen LogP contribution is 2.45. The molecule has 0 saturated heterocycles. The van der Waals surface area contributed by atoms with E-state index < -0.39 is 5.54 Å². The first-order valence-corrected chi connectivity index (χ1v) is 8.25. The lowest BCUT2D eigenvalue weighted by molar-refractivity contribution is 0.0683. The Bertz CT molecular complexity index is 903. The van der Waals surface area contributed by atoms with E-state index in [0.29, 0.717) is 23.3 Å². The molecule has 0 saturated carbocycles. The lowest BCUT2D eigenvalue weighted by atomic mass is 9.70. The maximum atomic E-state index is 14.7. The van der Waals surface area contributed by atoms with Crippen molar-refractivity contribution in [1.29, 1.82) is 0 Å². The van der Waals surface area contributed by atoms with Crippen LogP contribution in [-0.4, -0.2) is 21.9 Å². The summed E-state index contributed by atoms with van der Waals surface area (Å²) in [6.45, 7) is 0.491. The highest BCUT2D eigenvalue weighted by molar-refractivity contribution is 7.71. The number of likely N-dealkylation sites (N-methyl/N-ethyl adjacent to an activating group) is 1. The number of hydrogen-bond donors (Lipinski definition) is 2. The molecule has 120 valence electrons. The number of halogens is 1. The monoisotopic (exact) mass is 331 g/mol. The summed E-state index contributed by atoms with van der Waals surface area (Å²) in [5.41, 5.74) is 2.87. The molecule has 0 radical (unpaired) electrons. The van der Waals surface area contributed by atoms with Crippen LogP contribution in [0.3, 0.4) is 0 Å². The molecular formula is C17H18FN3OS. The largest absolute Gasteiger partial charge is 0.335 e. The summed E-state index contributed by atoms with van der Waals surface area (Å²) in [4.78, 5) is 20.1. The lowest BCUT2D eigenvalue weighted by Gasteiger charge is -2.49. The zero-order chi connectivity index (χ0) is 16.2. The van der Waals surface area contributed by atoms with Gasteiger partial charge in [-0.05, 0) is 50.2 Å². The van der Waals surface area contributed by atoms with Crippen molar-refractivity contribution in [3.05, 3.63) is 61.5 Å². The number of H-pyrrole nitrogens is 2. The van der Waals surface area contributed by atoms with E-state index in [4.69, 9.17) is 12.2 Å². The minimum absolute atomic E-state index is 0.144. The van der Waals surface area contributed by atoms with Gasteiger partial charge in [0.25, 0.3) is 5.56 Å². The van der Waals surface area contributed by atoms with Gasteiger partial charge in [0, 0.05) is 24.2 Å². The van der Waals surface area contributed by atoms with Crippen molar-refractivity contribution in [3.8, 4) is 0 Å². The van der Waals surface area contributed by atoms with Crippen LogP contribution in [0.1, 0.15) is 35.2 Å². The van der Waals surface area contributed by atoms with Crippen LogP contribution in [0, 0.1) is 10.6 Å². The van der Waals surface area contributed by atoms with Crippen LogP contribution in [0.25, 0.3) is 0 Å². The molecule has 1 atom stereocenters. The number of rotatable bonds is 0. The summed E-state index contributed by atoms with van der Waals surface area (Å²) in [6.07, 6.45) is 3.38. The first kappa shape index (κ1) is 14.8. The van der Waals surface area contributed by atoms with Gasteiger partial charge in [-0.3, -0.25) is 14.7 Å². The van der Waals surface area contributed by atoms with Gasteiger partial charge in [0.1, 0.15) is 5.82 Å². The van der Waals surface area contributed by atoms with E-state index in [2.05, 4.69) is 14.9 Å². The van der Waals surface area contributed by atoms with Crippen LogP contribution in [0.2, 0.25) is 0 Å². The Kier molecular flexibility index (Phi) is 3.28. The van der Waals surface area contributed by atoms with Crippen LogP contribution in [-0.2, 0) is 24.9 Å². The highest BCUT2D eigenvalue weighted by Gasteiger charge is 2.45. The summed E-state index contributed by atoms with van der Waals surface area (Å²) in [6, 6.07) is 5.33. The van der Waals surface area contributed by atoms with Crippen molar-refractivity contribution in [3.63, 3.8) is 0 Å². The second kappa shape index (κ2) is 5.11. The molecule has 2 heterocycles. The molecule has 6 heteroatoms. The van der Waals surface area contributed by atoms with Crippen LogP contribution in [0.5, 0.6) is 0 Å². The highest BCUT2D eigenvalue weighted by atomic mass is 32.1. The second-order valence-corrected chi connectivity index (χ2v) is 6.97. The average molecular weight is 331 g/mol. The van der Waals surface area contributed by atoms with Crippen LogP contribution < -0.4 is 5.56 Å². The minimum Gasteiger partial charge on any atom is -0.335 e. The molecule has 4 rings (SSSR count). The van der Waals surface area contributed by atoms with Gasteiger partial charge in [0.05, 0.1) is 11.1 Å². The molecule has 2 N–H and O–H groups in total. The number of hydrogen-bond acceptors (Lipinski definition) is 3. The molecule has 0 fully saturated rings. The van der Waals surface area contributed by atoms with E-state index in [0.717, 1.165) is 36.1 Å². The lowest BCUT2D eigenvalue weighted by Crippen LogP contribution is -2.52. The molecule has 1 spiro atoms. The minimum atomic E-state index is -0.405. The summed E-state index contributed by atoms with van der Waals surface area (Å²) in [7, 11) is 1.98. The zero-order valence-corrected chi connectivity index (χ0v) is 13.7.